The van der Waals surface area contributed by atoms with Crippen molar-refractivity contribution in [2.24, 2.45) is 0 Å². The molecule has 1 aliphatic rings. The molecule has 0 bridgehead atoms. The highest BCUT2D eigenvalue weighted by Crippen LogP contribution is 2.17. The van der Waals surface area contributed by atoms with Crippen LogP contribution in [0.25, 0.3) is 0 Å². The van der Waals surface area contributed by atoms with E-state index in [1.807, 2.05) is 13.8 Å². The minimum atomic E-state index is -0.0955. The van der Waals surface area contributed by atoms with E-state index in [0.29, 0.717) is 12.6 Å². The molecule has 100 valence electrons. The number of aryl methyl sites for hydroxylation is 2. The number of urea groups is 1. The molecule has 0 unspecified atom stereocenters. The third-order valence-electron chi connectivity index (χ3n) is 3.55. The monoisotopic (exact) mass is 251 g/mol. The second kappa shape index (κ2) is 5.89. The molecule has 18 heavy (non-hydrogen) atoms. The zero-order valence-electron chi connectivity index (χ0n) is 11.1. The number of carbonyl (C=O) groups excluding carboxylic acids is 1. The standard InChI is InChI=1S/C13H21N3O2/c1-9-12(10(2)18-16-9)8-14-13(17)15-11-6-4-3-5-7-11/h11H,3-8H2,1-2H3,(H2,14,15,17). The fourth-order valence-electron chi connectivity index (χ4n) is 2.41. The number of carbonyl (C=O) groups is 1. The van der Waals surface area contributed by atoms with Crippen molar-refractivity contribution in [2.75, 3.05) is 0 Å². The summed E-state index contributed by atoms with van der Waals surface area (Å²) in [5, 5.41) is 9.75. The van der Waals surface area contributed by atoms with E-state index in [4.69, 9.17) is 4.52 Å². The Bertz CT molecular complexity index is 389. The van der Waals surface area contributed by atoms with Gasteiger partial charge in [-0.05, 0) is 26.7 Å². The molecule has 1 aromatic rings. The van der Waals surface area contributed by atoms with Crippen molar-refractivity contribution in [3.8, 4) is 0 Å². The quantitative estimate of drug-likeness (QED) is 0.867. The lowest BCUT2D eigenvalue weighted by Crippen LogP contribution is -2.42. The summed E-state index contributed by atoms with van der Waals surface area (Å²) < 4.78 is 5.06. The van der Waals surface area contributed by atoms with Crippen LogP contribution in [-0.4, -0.2) is 17.2 Å². The molecule has 0 spiro atoms. The average molecular weight is 251 g/mol. The second-order valence-corrected chi connectivity index (χ2v) is 4.96. The first-order valence-electron chi connectivity index (χ1n) is 6.63. The molecule has 1 aliphatic carbocycles. The first kappa shape index (κ1) is 12.9. The first-order valence-corrected chi connectivity index (χ1v) is 6.63. The maximum absolute atomic E-state index is 11.8. The molecule has 2 amide bonds. The van der Waals surface area contributed by atoms with Gasteiger partial charge < -0.3 is 15.2 Å². The Morgan fingerprint density at radius 1 is 1.33 bits per heavy atom. The van der Waals surface area contributed by atoms with Gasteiger partial charge in [-0.1, -0.05) is 24.4 Å². The van der Waals surface area contributed by atoms with Gasteiger partial charge in [0.25, 0.3) is 0 Å². The predicted octanol–water partition coefficient (Wildman–Crippen LogP) is 2.42. The van der Waals surface area contributed by atoms with Gasteiger partial charge in [0.05, 0.1) is 5.69 Å². The van der Waals surface area contributed by atoms with Gasteiger partial charge in [0.1, 0.15) is 5.76 Å². The lowest BCUT2D eigenvalue weighted by molar-refractivity contribution is 0.232. The van der Waals surface area contributed by atoms with Gasteiger partial charge >= 0.3 is 6.03 Å². The van der Waals surface area contributed by atoms with Gasteiger partial charge in [0.15, 0.2) is 0 Å². The van der Waals surface area contributed by atoms with Crippen LogP contribution >= 0.6 is 0 Å². The molecule has 1 heterocycles. The summed E-state index contributed by atoms with van der Waals surface area (Å²) in [4.78, 5) is 11.8. The van der Waals surface area contributed by atoms with Gasteiger partial charge in [-0.15, -0.1) is 0 Å². The highest BCUT2D eigenvalue weighted by molar-refractivity contribution is 5.74. The molecule has 1 aromatic heterocycles. The second-order valence-electron chi connectivity index (χ2n) is 4.96. The van der Waals surface area contributed by atoms with Gasteiger partial charge in [-0.25, -0.2) is 4.79 Å². The van der Waals surface area contributed by atoms with Crippen molar-refractivity contribution in [3.05, 3.63) is 17.0 Å². The topological polar surface area (TPSA) is 67.2 Å². The molecule has 0 radical (unpaired) electrons. The van der Waals surface area contributed by atoms with E-state index in [-0.39, 0.29) is 6.03 Å². The molecular weight excluding hydrogens is 230 g/mol. The summed E-state index contributed by atoms with van der Waals surface area (Å²) in [6.45, 7) is 4.21. The fraction of sp³-hybridized carbons (Fsp3) is 0.692. The highest BCUT2D eigenvalue weighted by atomic mass is 16.5. The zero-order chi connectivity index (χ0) is 13.0. The molecule has 5 nitrogen and oxygen atoms in total. The number of aromatic nitrogens is 1. The maximum Gasteiger partial charge on any atom is 0.315 e. The van der Waals surface area contributed by atoms with Crippen molar-refractivity contribution in [1.29, 1.82) is 0 Å². The minimum Gasteiger partial charge on any atom is -0.361 e. The van der Waals surface area contributed by atoms with Crippen molar-refractivity contribution < 1.29 is 9.32 Å². The van der Waals surface area contributed by atoms with E-state index in [1.54, 1.807) is 0 Å². The summed E-state index contributed by atoms with van der Waals surface area (Å²) in [5.41, 5.74) is 1.80. The van der Waals surface area contributed by atoms with Gasteiger partial charge in [-0.3, -0.25) is 0 Å². The lowest BCUT2D eigenvalue weighted by Gasteiger charge is -2.22. The average Bonchev–Trinajstić information content (AvgIpc) is 2.68. The van der Waals surface area contributed by atoms with E-state index in [1.165, 1.54) is 19.3 Å². The van der Waals surface area contributed by atoms with Crippen LogP contribution in [0.5, 0.6) is 0 Å². The largest absolute Gasteiger partial charge is 0.361 e. The summed E-state index contributed by atoms with van der Waals surface area (Å²) in [6.07, 6.45) is 5.92. The number of nitrogens with one attached hydrogen (secondary N) is 2. The van der Waals surface area contributed by atoms with Crippen LogP contribution in [0.4, 0.5) is 4.79 Å². The van der Waals surface area contributed by atoms with E-state index in [9.17, 15) is 4.79 Å². The van der Waals surface area contributed by atoms with Crippen LogP contribution in [-0.2, 0) is 6.54 Å². The summed E-state index contributed by atoms with van der Waals surface area (Å²) >= 11 is 0. The SMILES string of the molecule is Cc1noc(C)c1CNC(=O)NC1CCCCC1. The molecule has 0 atom stereocenters. The number of amides is 2. The van der Waals surface area contributed by atoms with Crippen molar-refractivity contribution >= 4 is 6.03 Å². The van der Waals surface area contributed by atoms with E-state index >= 15 is 0 Å². The fourth-order valence-corrected chi connectivity index (χ4v) is 2.41. The van der Waals surface area contributed by atoms with Crippen LogP contribution in [0.2, 0.25) is 0 Å². The van der Waals surface area contributed by atoms with Crippen molar-refractivity contribution in [2.45, 2.75) is 58.5 Å². The van der Waals surface area contributed by atoms with E-state index in [0.717, 1.165) is 29.9 Å². The molecule has 1 saturated carbocycles. The number of rotatable bonds is 3. The number of nitrogens with zero attached hydrogens (tertiary/aromatic N) is 1. The Morgan fingerprint density at radius 2 is 2.06 bits per heavy atom. The molecule has 0 saturated heterocycles. The van der Waals surface area contributed by atoms with Crippen LogP contribution in [0.1, 0.15) is 49.1 Å². The molecule has 0 aliphatic heterocycles. The summed E-state index contributed by atoms with van der Waals surface area (Å²) in [7, 11) is 0. The Balaban J connectivity index is 1.77. The first-order chi connectivity index (χ1) is 8.66. The molecule has 2 N–H and O–H groups in total. The highest BCUT2D eigenvalue weighted by Gasteiger charge is 2.16. The Hall–Kier alpha value is -1.52. The van der Waals surface area contributed by atoms with Gasteiger partial charge in [0, 0.05) is 18.2 Å². The smallest absolute Gasteiger partial charge is 0.315 e. The van der Waals surface area contributed by atoms with Crippen molar-refractivity contribution in [1.82, 2.24) is 15.8 Å². The maximum atomic E-state index is 11.8. The Kier molecular flexibility index (Phi) is 4.23. The zero-order valence-corrected chi connectivity index (χ0v) is 11.1. The molecular formula is C13H21N3O2. The Morgan fingerprint density at radius 3 is 2.67 bits per heavy atom. The van der Waals surface area contributed by atoms with Crippen LogP contribution in [0.15, 0.2) is 4.52 Å². The number of hydrogen-bond donors (Lipinski definition) is 2. The summed E-state index contributed by atoms with van der Waals surface area (Å²) in [5.74, 6) is 0.769. The molecule has 0 aromatic carbocycles. The van der Waals surface area contributed by atoms with Crippen LogP contribution in [0, 0.1) is 13.8 Å². The normalized spacial score (nSPS) is 16.6. The minimum absolute atomic E-state index is 0.0955. The third kappa shape index (κ3) is 3.24. The molecule has 5 heteroatoms. The number of hydrogen-bond acceptors (Lipinski definition) is 3. The third-order valence-corrected chi connectivity index (χ3v) is 3.55. The van der Waals surface area contributed by atoms with Crippen molar-refractivity contribution in [3.63, 3.8) is 0 Å². The van der Waals surface area contributed by atoms with Crippen LogP contribution in [0.3, 0.4) is 0 Å². The molecule has 2 rings (SSSR count). The predicted molar refractivity (Wildman–Crippen MR) is 68.2 cm³/mol. The summed E-state index contributed by atoms with van der Waals surface area (Å²) in [6, 6.07) is 0.241. The van der Waals surface area contributed by atoms with E-state index < -0.39 is 0 Å². The molecule has 1 fully saturated rings. The Labute approximate surface area is 107 Å². The van der Waals surface area contributed by atoms with Gasteiger partial charge in [-0.2, -0.15) is 0 Å². The van der Waals surface area contributed by atoms with E-state index in [2.05, 4.69) is 15.8 Å². The van der Waals surface area contributed by atoms with Gasteiger partial charge in [0.2, 0.25) is 0 Å². The lowest BCUT2D eigenvalue weighted by atomic mass is 9.96. The van der Waals surface area contributed by atoms with Crippen LogP contribution < -0.4 is 10.6 Å².